The summed E-state index contributed by atoms with van der Waals surface area (Å²) in [4.78, 5) is 12.5. The molecular weight excluding hydrogens is 102 g/mol. The van der Waals surface area contributed by atoms with Crippen LogP contribution < -0.4 is 0 Å². The topological polar surface area (TPSA) is 20.1 Å². The molecule has 0 aromatic rings. The Labute approximate surface area is 47.8 Å². The van der Waals surface area contributed by atoms with Crippen LogP contribution in [0.25, 0.3) is 0 Å². The molecule has 2 aliphatic heterocycles. The van der Waals surface area contributed by atoms with Crippen molar-refractivity contribution in [3.05, 3.63) is 12.2 Å². The standard InChI is InChI=1S/C6H7NO/c8-6-5-3-1-2-4-7(5)6/h1,3,5H,2,4H2. The molecule has 1 fully saturated rings. The highest BCUT2D eigenvalue weighted by molar-refractivity contribution is 5.99. The van der Waals surface area contributed by atoms with E-state index in [0.717, 1.165) is 13.0 Å². The van der Waals surface area contributed by atoms with Crippen LogP contribution in [-0.4, -0.2) is 23.4 Å². The van der Waals surface area contributed by atoms with Crippen LogP contribution in [0.3, 0.4) is 0 Å². The van der Waals surface area contributed by atoms with Gasteiger partial charge in [-0.25, -0.2) is 0 Å². The molecule has 0 saturated carbocycles. The number of carbonyl (C=O) groups excluding carboxylic acids is 1. The van der Waals surface area contributed by atoms with Gasteiger partial charge in [0.2, 0.25) is 5.91 Å². The number of rotatable bonds is 0. The predicted molar refractivity (Wildman–Crippen MR) is 29.3 cm³/mol. The fourth-order valence-corrected chi connectivity index (χ4v) is 1.10. The summed E-state index contributed by atoms with van der Waals surface area (Å²) in [5.74, 6) is 0.304. The third-order valence-corrected chi connectivity index (χ3v) is 1.66. The molecule has 2 rings (SSSR count). The lowest BCUT2D eigenvalue weighted by atomic mass is 10.3. The molecule has 0 aliphatic carbocycles. The van der Waals surface area contributed by atoms with E-state index in [4.69, 9.17) is 0 Å². The largest absolute Gasteiger partial charge is 0.325 e. The third-order valence-electron chi connectivity index (χ3n) is 1.66. The van der Waals surface area contributed by atoms with E-state index in [1.54, 1.807) is 0 Å². The van der Waals surface area contributed by atoms with Crippen molar-refractivity contribution in [1.29, 1.82) is 0 Å². The Hall–Kier alpha value is -0.790. The van der Waals surface area contributed by atoms with E-state index in [1.165, 1.54) is 0 Å². The quantitative estimate of drug-likeness (QED) is 0.320. The van der Waals surface area contributed by atoms with Gasteiger partial charge in [0.25, 0.3) is 0 Å². The fourth-order valence-electron chi connectivity index (χ4n) is 1.10. The van der Waals surface area contributed by atoms with Gasteiger partial charge in [0.1, 0.15) is 6.04 Å². The summed E-state index contributed by atoms with van der Waals surface area (Å²) in [6, 6.07) is 0.184. The predicted octanol–water partition coefficient (Wildman–Crippen LogP) is 0.157. The van der Waals surface area contributed by atoms with E-state index in [9.17, 15) is 4.79 Å². The second-order valence-corrected chi connectivity index (χ2v) is 2.19. The molecule has 1 saturated heterocycles. The minimum Gasteiger partial charge on any atom is -0.325 e. The smallest absolute Gasteiger partial charge is 0.250 e. The first-order chi connectivity index (χ1) is 3.89. The van der Waals surface area contributed by atoms with Crippen LogP contribution in [0.2, 0.25) is 0 Å². The van der Waals surface area contributed by atoms with Gasteiger partial charge in [-0.15, -0.1) is 0 Å². The average Bonchev–Trinajstić information content (AvgIpc) is 2.46. The van der Waals surface area contributed by atoms with E-state index in [0.29, 0.717) is 5.91 Å². The molecule has 0 spiro atoms. The highest BCUT2D eigenvalue weighted by atomic mass is 16.2. The molecular formula is C6H7NO. The summed E-state index contributed by atoms with van der Waals surface area (Å²) < 4.78 is 0. The Kier molecular flexibility index (Phi) is 0.583. The molecule has 0 bridgehead atoms. The van der Waals surface area contributed by atoms with E-state index in [1.807, 2.05) is 11.0 Å². The van der Waals surface area contributed by atoms with Gasteiger partial charge >= 0.3 is 0 Å². The Morgan fingerprint density at radius 1 is 1.75 bits per heavy atom. The first-order valence-corrected chi connectivity index (χ1v) is 2.87. The molecule has 2 nitrogen and oxygen atoms in total. The van der Waals surface area contributed by atoms with E-state index < -0.39 is 0 Å². The van der Waals surface area contributed by atoms with E-state index in [-0.39, 0.29) is 6.04 Å². The summed E-state index contributed by atoms with van der Waals surface area (Å²) in [5.41, 5.74) is 0. The summed E-state index contributed by atoms with van der Waals surface area (Å²) >= 11 is 0. The molecule has 1 unspecified atom stereocenters. The van der Waals surface area contributed by atoms with Gasteiger partial charge in [-0.3, -0.25) is 4.79 Å². The monoisotopic (exact) mass is 109 g/mol. The summed E-state index contributed by atoms with van der Waals surface area (Å²) in [5, 5.41) is 0. The molecule has 1 amide bonds. The van der Waals surface area contributed by atoms with Crippen LogP contribution in [-0.2, 0) is 4.79 Å². The molecule has 2 heteroatoms. The minimum absolute atomic E-state index is 0.184. The Balaban J connectivity index is 2.23. The van der Waals surface area contributed by atoms with Gasteiger partial charge in [-0.05, 0) is 6.42 Å². The number of amides is 1. The average molecular weight is 109 g/mol. The number of hydrogen-bond acceptors (Lipinski definition) is 1. The first-order valence-electron chi connectivity index (χ1n) is 2.87. The summed E-state index contributed by atoms with van der Waals surface area (Å²) in [7, 11) is 0. The van der Waals surface area contributed by atoms with Crippen LogP contribution in [0.5, 0.6) is 0 Å². The highest BCUT2D eigenvalue weighted by Crippen LogP contribution is 2.24. The second kappa shape index (κ2) is 1.13. The molecule has 1 atom stereocenters. The number of fused-ring (bicyclic) bond motifs is 1. The lowest BCUT2D eigenvalue weighted by molar-refractivity contribution is -0.113. The maximum atomic E-state index is 10.6. The van der Waals surface area contributed by atoms with Crippen molar-refractivity contribution in [2.45, 2.75) is 12.5 Å². The van der Waals surface area contributed by atoms with Crippen molar-refractivity contribution in [2.75, 3.05) is 6.54 Å². The zero-order chi connectivity index (χ0) is 5.56. The third kappa shape index (κ3) is 0.351. The van der Waals surface area contributed by atoms with Crippen LogP contribution in [0, 0.1) is 0 Å². The molecule has 8 heavy (non-hydrogen) atoms. The molecule has 2 heterocycles. The minimum atomic E-state index is 0.184. The molecule has 0 radical (unpaired) electrons. The van der Waals surface area contributed by atoms with Gasteiger partial charge < -0.3 is 4.90 Å². The molecule has 0 aromatic heterocycles. The van der Waals surface area contributed by atoms with E-state index in [2.05, 4.69) is 6.08 Å². The molecule has 42 valence electrons. The Morgan fingerprint density at radius 3 is 3.12 bits per heavy atom. The van der Waals surface area contributed by atoms with Crippen molar-refractivity contribution < 1.29 is 4.79 Å². The van der Waals surface area contributed by atoms with Gasteiger partial charge in [0.05, 0.1) is 0 Å². The maximum absolute atomic E-state index is 10.6. The zero-order valence-electron chi connectivity index (χ0n) is 4.50. The van der Waals surface area contributed by atoms with Crippen LogP contribution >= 0.6 is 0 Å². The van der Waals surface area contributed by atoms with Gasteiger partial charge in [-0.2, -0.15) is 0 Å². The zero-order valence-corrected chi connectivity index (χ0v) is 4.50. The van der Waals surface area contributed by atoms with Crippen LogP contribution in [0.15, 0.2) is 12.2 Å². The molecule has 0 aromatic carbocycles. The number of hydrogen-bond donors (Lipinski definition) is 0. The van der Waals surface area contributed by atoms with Crippen molar-refractivity contribution in [2.24, 2.45) is 0 Å². The lowest BCUT2D eigenvalue weighted by Gasteiger charge is -2.00. The van der Waals surface area contributed by atoms with Crippen LogP contribution in [0.4, 0.5) is 0 Å². The van der Waals surface area contributed by atoms with Crippen molar-refractivity contribution in [1.82, 2.24) is 4.90 Å². The van der Waals surface area contributed by atoms with Crippen molar-refractivity contribution >= 4 is 5.91 Å². The SMILES string of the molecule is O=C1C2C=CCCN12. The maximum Gasteiger partial charge on any atom is 0.250 e. The molecule has 2 aliphatic rings. The number of nitrogens with zero attached hydrogens (tertiary/aromatic N) is 1. The second-order valence-electron chi connectivity index (χ2n) is 2.19. The van der Waals surface area contributed by atoms with Gasteiger partial charge in [0, 0.05) is 6.54 Å². The van der Waals surface area contributed by atoms with Crippen LogP contribution in [0.1, 0.15) is 6.42 Å². The Morgan fingerprint density at radius 2 is 2.62 bits per heavy atom. The summed E-state index contributed by atoms with van der Waals surface area (Å²) in [6.45, 7) is 0.944. The highest BCUT2D eigenvalue weighted by Gasteiger charge is 2.43. The number of carbonyl (C=O) groups is 1. The van der Waals surface area contributed by atoms with Crippen molar-refractivity contribution in [3.8, 4) is 0 Å². The summed E-state index contributed by atoms with van der Waals surface area (Å²) in [6.07, 6.45) is 5.10. The van der Waals surface area contributed by atoms with Gasteiger partial charge in [0.15, 0.2) is 0 Å². The van der Waals surface area contributed by atoms with Gasteiger partial charge in [-0.1, -0.05) is 12.2 Å². The van der Waals surface area contributed by atoms with E-state index >= 15 is 0 Å². The molecule has 0 N–H and O–H groups in total. The fraction of sp³-hybridized carbons (Fsp3) is 0.500. The first kappa shape index (κ1) is 4.13. The normalized spacial score (nSPS) is 32.8. The van der Waals surface area contributed by atoms with Crippen molar-refractivity contribution in [3.63, 3.8) is 0 Å². The lowest BCUT2D eigenvalue weighted by Crippen LogP contribution is -2.05. The Bertz CT molecular complexity index is 162.